The first-order valence-corrected chi connectivity index (χ1v) is 13.1. The highest BCUT2D eigenvalue weighted by molar-refractivity contribution is 8.00. The molecule has 3 aliphatic rings. The Bertz CT molecular complexity index is 1080. The maximum Gasteiger partial charge on any atom is 0.254 e. The summed E-state index contributed by atoms with van der Waals surface area (Å²) < 4.78 is 1.75. The predicted molar refractivity (Wildman–Crippen MR) is 130 cm³/mol. The first-order chi connectivity index (χ1) is 15.4. The molecular formula is C25H34N4O2S. The van der Waals surface area contributed by atoms with Crippen molar-refractivity contribution in [2.75, 3.05) is 5.88 Å². The van der Waals surface area contributed by atoms with E-state index in [0.29, 0.717) is 17.2 Å². The predicted octanol–water partition coefficient (Wildman–Crippen LogP) is 3.46. The Hall–Kier alpha value is -1.86. The maximum absolute atomic E-state index is 13.3. The summed E-state index contributed by atoms with van der Waals surface area (Å²) in [5.41, 5.74) is 2.72. The second-order valence-electron chi connectivity index (χ2n) is 10.1. The number of rotatable bonds is 3. The van der Waals surface area contributed by atoms with Crippen LogP contribution in [-0.2, 0) is 11.8 Å². The molecule has 2 N–H and O–H groups in total. The van der Waals surface area contributed by atoms with Crippen molar-refractivity contribution >= 4 is 28.6 Å². The third kappa shape index (κ3) is 4.10. The minimum Gasteiger partial charge on any atom is -0.353 e. The lowest BCUT2D eigenvalue weighted by atomic mass is 9.71. The van der Waals surface area contributed by atoms with Crippen LogP contribution in [0.25, 0.3) is 10.9 Å². The molecule has 1 saturated heterocycles. The summed E-state index contributed by atoms with van der Waals surface area (Å²) in [6.07, 6.45) is 7.77. The van der Waals surface area contributed by atoms with Gasteiger partial charge >= 0.3 is 0 Å². The van der Waals surface area contributed by atoms with Crippen LogP contribution in [0.5, 0.6) is 0 Å². The zero-order valence-electron chi connectivity index (χ0n) is 19.3. The van der Waals surface area contributed by atoms with E-state index in [1.165, 1.54) is 0 Å². The molecule has 3 heterocycles. The van der Waals surface area contributed by atoms with Crippen LogP contribution >= 0.6 is 11.8 Å². The average molecular weight is 455 g/mol. The molecule has 2 aliphatic carbocycles. The second kappa shape index (κ2) is 8.82. The van der Waals surface area contributed by atoms with E-state index in [4.69, 9.17) is 0 Å². The van der Waals surface area contributed by atoms with Crippen molar-refractivity contribution in [3.8, 4) is 0 Å². The maximum atomic E-state index is 13.3. The van der Waals surface area contributed by atoms with Crippen LogP contribution in [0.3, 0.4) is 0 Å². The van der Waals surface area contributed by atoms with Gasteiger partial charge in [-0.2, -0.15) is 0 Å². The van der Waals surface area contributed by atoms with E-state index in [9.17, 15) is 9.59 Å². The largest absolute Gasteiger partial charge is 0.353 e. The van der Waals surface area contributed by atoms with Gasteiger partial charge in [-0.1, -0.05) is 6.92 Å². The zero-order chi connectivity index (χ0) is 22.4. The standard InChI is InChI=1S/C25H34N4O2S/c1-14-4-5-16(24(30)28-18-6-7-21-23(11-18)32-13-27-21)9-19(14)20-10-17-12-26-15(2)8-22(17)29(3)25(20)31/h8,10,12,14,16,18-19,21,23,27H,4-7,9,11,13H2,1-3H3,(H,28,30). The number of pyridine rings is 2. The van der Waals surface area contributed by atoms with Crippen molar-refractivity contribution < 1.29 is 4.79 Å². The molecule has 5 rings (SSSR count). The highest BCUT2D eigenvalue weighted by Gasteiger charge is 2.38. The summed E-state index contributed by atoms with van der Waals surface area (Å²) in [7, 11) is 1.84. The van der Waals surface area contributed by atoms with Gasteiger partial charge in [-0.15, -0.1) is 11.8 Å². The van der Waals surface area contributed by atoms with Crippen LogP contribution in [0.2, 0.25) is 0 Å². The molecule has 3 fully saturated rings. The van der Waals surface area contributed by atoms with Gasteiger partial charge in [0.15, 0.2) is 0 Å². The monoisotopic (exact) mass is 454 g/mol. The fourth-order valence-corrected chi connectivity index (χ4v) is 7.37. The van der Waals surface area contributed by atoms with E-state index in [1.54, 1.807) is 4.57 Å². The fourth-order valence-electron chi connectivity index (χ4n) is 6.01. The SMILES string of the molecule is Cc1cc2c(cn1)cc(C1CC(C(=O)NC3CCC4NCSC4C3)CCC1C)c(=O)n2C. The summed E-state index contributed by atoms with van der Waals surface area (Å²) >= 11 is 1.99. The Kier molecular flexibility index (Phi) is 6.05. The van der Waals surface area contributed by atoms with E-state index >= 15 is 0 Å². The Labute approximate surface area is 193 Å². The number of fused-ring (bicyclic) bond motifs is 2. The second-order valence-corrected chi connectivity index (χ2v) is 11.3. The lowest BCUT2D eigenvalue weighted by Gasteiger charge is -2.36. The molecule has 6 atom stereocenters. The third-order valence-electron chi connectivity index (χ3n) is 8.02. The van der Waals surface area contributed by atoms with Crippen molar-refractivity contribution in [3.63, 3.8) is 0 Å². The molecule has 2 aromatic heterocycles. The van der Waals surface area contributed by atoms with E-state index in [-0.39, 0.29) is 29.3 Å². The van der Waals surface area contributed by atoms with Gasteiger partial charge in [0.1, 0.15) is 0 Å². The lowest BCUT2D eigenvalue weighted by molar-refractivity contribution is -0.127. The normalized spacial score (nSPS) is 32.6. The molecule has 1 aliphatic heterocycles. The van der Waals surface area contributed by atoms with Gasteiger partial charge in [0.2, 0.25) is 5.91 Å². The van der Waals surface area contributed by atoms with Crippen LogP contribution in [0, 0.1) is 18.8 Å². The number of thioether (sulfide) groups is 1. The molecule has 1 amide bonds. The van der Waals surface area contributed by atoms with Crippen molar-refractivity contribution in [3.05, 3.63) is 39.9 Å². The van der Waals surface area contributed by atoms with Gasteiger partial charge in [0.25, 0.3) is 5.56 Å². The molecule has 6 unspecified atom stereocenters. The highest BCUT2D eigenvalue weighted by atomic mass is 32.2. The zero-order valence-corrected chi connectivity index (χ0v) is 20.1. The molecular weight excluding hydrogens is 420 g/mol. The van der Waals surface area contributed by atoms with Crippen molar-refractivity contribution in [1.29, 1.82) is 0 Å². The Balaban J connectivity index is 1.33. The van der Waals surface area contributed by atoms with Gasteiger partial charge in [0.05, 0.1) is 5.52 Å². The van der Waals surface area contributed by atoms with Gasteiger partial charge in [-0.25, -0.2) is 0 Å². The quantitative estimate of drug-likeness (QED) is 0.743. The number of hydrogen-bond donors (Lipinski definition) is 2. The number of carbonyl (C=O) groups excluding carboxylic acids is 1. The molecule has 6 nitrogen and oxygen atoms in total. The van der Waals surface area contributed by atoms with Gasteiger partial charge in [-0.05, 0) is 69.4 Å². The summed E-state index contributed by atoms with van der Waals surface area (Å²) in [5.74, 6) is 1.71. The van der Waals surface area contributed by atoms with E-state index < -0.39 is 0 Å². The molecule has 7 heteroatoms. The van der Waals surface area contributed by atoms with Gasteiger partial charge in [-0.3, -0.25) is 14.6 Å². The van der Waals surface area contributed by atoms with Crippen molar-refractivity contribution in [2.45, 2.75) is 75.6 Å². The topological polar surface area (TPSA) is 76.0 Å². The first-order valence-electron chi connectivity index (χ1n) is 12.0. The highest BCUT2D eigenvalue weighted by Crippen LogP contribution is 2.40. The Morgan fingerprint density at radius 1 is 1.22 bits per heavy atom. The molecule has 172 valence electrons. The number of aryl methyl sites for hydroxylation is 2. The summed E-state index contributed by atoms with van der Waals surface area (Å²) in [5, 5.41) is 8.56. The number of carbonyl (C=O) groups is 1. The van der Waals surface area contributed by atoms with Crippen LogP contribution < -0.4 is 16.2 Å². The summed E-state index contributed by atoms with van der Waals surface area (Å²) in [6, 6.07) is 4.90. The third-order valence-corrected chi connectivity index (χ3v) is 9.30. The smallest absolute Gasteiger partial charge is 0.254 e. The number of hydrogen-bond acceptors (Lipinski definition) is 5. The van der Waals surface area contributed by atoms with Gasteiger partial charge in [0, 0.05) is 59.0 Å². The minimum absolute atomic E-state index is 0.0141. The number of aromatic nitrogens is 2. The molecule has 2 saturated carbocycles. The first kappa shape index (κ1) is 22.0. The van der Waals surface area contributed by atoms with E-state index in [0.717, 1.165) is 66.6 Å². The molecule has 32 heavy (non-hydrogen) atoms. The van der Waals surface area contributed by atoms with Crippen LogP contribution in [0.1, 0.15) is 62.6 Å². The Morgan fingerprint density at radius 2 is 2.06 bits per heavy atom. The molecule has 0 radical (unpaired) electrons. The van der Waals surface area contributed by atoms with Crippen LogP contribution in [-0.4, -0.2) is 38.7 Å². The average Bonchev–Trinajstić information content (AvgIpc) is 3.25. The lowest BCUT2D eigenvalue weighted by Crippen LogP contribution is -2.47. The molecule has 0 aromatic carbocycles. The van der Waals surface area contributed by atoms with Crippen molar-refractivity contribution in [2.24, 2.45) is 18.9 Å². The van der Waals surface area contributed by atoms with Gasteiger partial charge < -0.3 is 15.2 Å². The fraction of sp³-hybridized carbons (Fsp3) is 0.640. The molecule has 0 spiro atoms. The molecule has 2 aromatic rings. The van der Waals surface area contributed by atoms with E-state index in [2.05, 4.69) is 22.5 Å². The van der Waals surface area contributed by atoms with Crippen molar-refractivity contribution in [1.82, 2.24) is 20.2 Å². The van der Waals surface area contributed by atoms with Crippen LogP contribution in [0.15, 0.2) is 23.1 Å². The Morgan fingerprint density at radius 3 is 2.91 bits per heavy atom. The summed E-state index contributed by atoms with van der Waals surface area (Å²) in [6.45, 7) is 4.17. The summed E-state index contributed by atoms with van der Waals surface area (Å²) in [4.78, 5) is 30.9. The number of nitrogens with zero attached hydrogens (tertiary/aromatic N) is 2. The minimum atomic E-state index is -0.0141. The molecule has 0 bridgehead atoms. The number of nitrogens with one attached hydrogen (secondary N) is 2. The number of amides is 1. The van der Waals surface area contributed by atoms with E-state index in [1.807, 2.05) is 44.1 Å². The van der Waals surface area contributed by atoms with Crippen LogP contribution in [0.4, 0.5) is 0 Å².